The van der Waals surface area contributed by atoms with Gasteiger partial charge >= 0.3 is 7.82 Å². The summed E-state index contributed by atoms with van der Waals surface area (Å²) in [5.74, 6) is 0.155. The van der Waals surface area contributed by atoms with Gasteiger partial charge in [0.2, 0.25) is 0 Å². The number of nitrogen functional groups attached to an aromatic ring is 1. The van der Waals surface area contributed by atoms with Crippen LogP contribution in [0.25, 0.3) is 22.1 Å². The number of hydrogen-bond donors (Lipinski definition) is 5. The molecule has 5 atom stereocenters. The second-order valence-electron chi connectivity index (χ2n) is 7.84. The molecular formula is C20H23N6O7P. The standard InChI is InChI=1S/C20H23N6O7P/c21-18-15-19(24-9-23-18)26(10-25-15)20-17(28)16(27)14(33-20)8-32-34(29,30)31-6-5-11-7-22-13-4-2-1-3-12(11)13/h1-4,7,9-10,14,16-17,20,22,27-28H,5-6,8H2,(H,29,30)(H2,21,23,24)/t14?,16-,17-,20-/m1/s1. The van der Waals surface area contributed by atoms with Crippen molar-refractivity contribution >= 4 is 35.7 Å². The van der Waals surface area contributed by atoms with Crippen LogP contribution >= 0.6 is 7.82 Å². The molecule has 1 aromatic carbocycles. The highest BCUT2D eigenvalue weighted by molar-refractivity contribution is 7.47. The van der Waals surface area contributed by atoms with Crippen LogP contribution in [-0.4, -0.2) is 71.1 Å². The Morgan fingerprint density at radius 3 is 2.85 bits per heavy atom. The maximum atomic E-state index is 12.3. The Hall–Kier alpha value is -2.90. The molecule has 2 unspecified atom stereocenters. The van der Waals surface area contributed by atoms with Gasteiger partial charge in [0.05, 0.1) is 19.5 Å². The third kappa shape index (κ3) is 4.30. The number of ether oxygens (including phenoxy) is 1. The minimum absolute atomic E-state index is 0.0584. The van der Waals surface area contributed by atoms with Crippen molar-refractivity contribution in [1.82, 2.24) is 24.5 Å². The number of aromatic nitrogens is 5. The third-order valence-electron chi connectivity index (χ3n) is 5.70. The molecule has 14 heteroatoms. The Balaban J connectivity index is 1.18. The van der Waals surface area contributed by atoms with Gasteiger partial charge < -0.3 is 30.6 Å². The molecule has 1 aliphatic heterocycles. The summed E-state index contributed by atoms with van der Waals surface area (Å²) in [7, 11) is -4.43. The molecule has 0 aliphatic carbocycles. The van der Waals surface area contributed by atoms with E-state index < -0.39 is 39.0 Å². The maximum absolute atomic E-state index is 12.3. The van der Waals surface area contributed by atoms with Crippen LogP contribution in [0.4, 0.5) is 5.82 Å². The smallest absolute Gasteiger partial charge is 0.387 e. The van der Waals surface area contributed by atoms with Gasteiger partial charge in [0.1, 0.15) is 30.2 Å². The van der Waals surface area contributed by atoms with Crippen molar-refractivity contribution in [3.8, 4) is 0 Å². The Labute approximate surface area is 192 Å². The lowest BCUT2D eigenvalue weighted by Crippen LogP contribution is -2.33. The fraction of sp³-hybridized carbons (Fsp3) is 0.350. The number of phosphoric acid groups is 1. The summed E-state index contributed by atoms with van der Waals surface area (Å²) in [5, 5.41) is 21.9. The van der Waals surface area contributed by atoms with Crippen LogP contribution in [0.2, 0.25) is 0 Å². The molecule has 0 saturated carbocycles. The van der Waals surface area contributed by atoms with Gasteiger partial charge in [0, 0.05) is 17.1 Å². The average molecular weight is 490 g/mol. The molecular weight excluding hydrogens is 467 g/mol. The summed E-state index contributed by atoms with van der Waals surface area (Å²) in [6.07, 6.45) is -0.137. The lowest BCUT2D eigenvalue weighted by molar-refractivity contribution is -0.0513. The first-order valence-corrected chi connectivity index (χ1v) is 11.9. The van der Waals surface area contributed by atoms with Crippen LogP contribution in [0.3, 0.4) is 0 Å². The number of aliphatic hydroxyl groups is 2. The lowest BCUT2D eigenvalue weighted by Gasteiger charge is -2.17. The van der Waals surface area contributed by atoms with Crippen LogP contribution in [-0.2, 0) is 24.8 Å². The SMILES string of the molecule is Nc1ncnc2c1ncn2[C@@H]1OC(COP(=O)(O)OCCc2c[nH]c3ccccc23)[C@@H](O)[C@H]1O. The third-order valence-corrected chi connectivity index (χ3v) is 6.69. The first-order valence-electron chi connectivity index (χ1n) is 10.5. The van der Waals surface area contributed by atoms with Crippen LogP contribution in [0.5, 0.6) is 0 Å². The quantitative estimate of drug-likeness (QED) is 0.220. The number of H-pyrrole nitrogens is 1. The van der Waals surface area contributed by atoms with Crippen molar-refractivity contribution in [2.75, 3.05) is 18.9 Å². The molecule has 180 valence electrons. The number of aromatic amines is 1. The summed E-state index contributed by atoms with van der Waals surface area (Å²) in [6, 6.07) is 7.70. The van der Waals surface area contributed by atoms with E-state index in [0.29, 0.717) is 17.6 Å². The molecule has 5 rings (SSSR count). The maximum Gasteiger partial charge on any atom is 0.472 e. The number of hydrogen-bond acceptors (Lipinski definition) is 10. The molecule has 1 aliphatic rings. The van der Waals surface area contributed by atoms with Crippen molar-refractivity contribution in [2.24, 2.45) is 0 Å². The lowest BCUT2D eigenvalue weighted by atomic mass is 10.1. The molecule has 34 heavy (non-hydrogen) atoms. The summed E-state index contributed by atoms with van der Waals surface area (Å²) < 4.78 is 29.5. The molecule has 6 N–H and O–H groups in total. The van der Waals surface area contributed by atoms with Crippen molar-refractivity contribution in [2.45, 2.75) is 31.0 Å². The second-order valence-corrected chi connectivity index (χ2v) is 9.29. The minimum atomic E-state index is -4.43. The van der Waals surface area contributed by atoms with Gasteiger partial charge in [-0.05, 0) is 18.1 Å². The molecule has 1 fully saturated rings. The number of aliphatic hydroxyl groups excluding tert-OH is 2. The Kier molecular flexibility index (Phi) is 6.08. The van der Waals surface area contributed by atoms with Gasteiger partial charge in [0.25, 0.3) is 0 Å². The van der Waals surface area contributed by atoms with Crippen LogP contribution < -0.4 is 5.73 Å². The zero-order valence-electron chi connectivity index (χ0n) is 17.8. The minimum Gasteiger partial charge on any atom is -0.387 e. The summed E-state index contributed by atoms with van der Waals surface area (Å²) in [5.41, 5.74) is 8.29. The highest BCUT2D eigenvalue weighted by Crippen LogP contribution is 2.44. The number of anilines is 1. The number of rotatable bonds is 8. The van der Waals surface area contributed by atoms with Crippen LogP contribution in [0.15, 0.2) is 43.1 Å². The molecule has 0 amide bonds. The van der Waals surface area contributed by atoms with E-state index in [9.17, 15) is 19.7 Å². The highest BCUT2D eigenvalue weighted by atomic mass is 31.2. The van der Waals surface area contributed by atoms with E-state index in [2.05, 4.69) is 19.9 Å². The molecule has 3 aromatic heterocycles. The highest BCUT2D eigenvalue weighted by Gasteiger charge is 2.45. The monoisotopic (exact) mass is 490 g/mol. The Morgan fingerprint density at radius 1 is 1.18 bits per heavy atom. The number of imidazole rings is 1. The van der Waals surface area contributed by atoms with E-state index in [4.69, 9.17) is 19.5 Å². The topological polar surface area (TPSA) is 191 Å². The molecule has 13 nitrogen and oxygen atoms in total. The van der Waals surface area contributed by atoms with E-state index >= 15 is 0 Å². The van der Waals surface area contributed by atoms with Crippen LogP contribution in [0.1, 0.15) is 11.8 Å². The average Bonchev–Trinajstić information content (AvgIpc) is 3.50. The molecule has 4 heterocycles. The van der Waals surface area contributed by atoms with Gasteiger partial charge in [-0.3, -0.25) is 13.6 Å². The predicted octanol–water partition coefficient (Wildman–Crippen LogP) is 0.885. The number of nitrogens with two attached hydrogens (primary N) is 1. The number of nitrogens with one attached hydrogen (secondary N) is 1. The fourth-order valence-corrected chi connectivity index (χ4v) is 4.70. The number of benzene rings is 1. The normalized spacial score (nSPS) is 24.7. The molecule has 0 spiro atoms. The largest absolute Gasteiger partial charge is 0.472 e. The van der Waals surface area contributed by atoms with E-state index in [-0.39, 0.29) is 12.4 Å². The number of fused-ring (bicyclic) bond motifs is 2. The summed E-state index contributed by atoms with van der Waals surface area (Å²) in [6.45, 7) is -0.545. The first-order chi connectivity index (χ1) is 16.3. The Morgan fingerprint density at radius 2 is 2.00 bits per heavy atom. The number of phosphoric ester groups is 1. The van der Waals surface area contributed by atoms with Crippen molar-refractivity contribution in [3.05, 3.63) is 48.7 Å². The molecule has 0 bridgehead atoms. The molecule has 1 saturated heterocycles. The van der Waals surface area contributed by atoms with E-state index in [0.717, 1.165) is 16.5 Å². The molecule has 0 radical (unpaired) electrons. The van der Waals surface area contributed by atoms with Gasteiger partial charge in [0.15, 0.2) is 17.7 Å². The van der Waals surface area contributed by atoms with Gasteiger partial charge in [-0.15, -0.1) is 0 Å². The van der Waals surface area contributed by atoms with Gasteiger partial charge in [-0.1, -0.05) is 18.2 Å². The predicted molar refractivity (Wildman–Crippen MR) is 119 cm³/mol. The van der Waals surface area contributed by atoms with E-state index in [1.165, 1.54) is 17.2 Å². The van der Waals surface area contributed by atoms with Gasteiger partial charge in [-0.25, -0.2) is 19.5 Å². The van der Waals surface area contributed by atoms with Crippen LogP contribution in [0, 0.1) is 0 Å². The first kappa shape index (κ1) is 22.9. The van der Waals surface area contributed by atoms with E-state index in [1.54, 1.807) is 0 Å². The summed E-state index contributed by atoms with van der Waals surface area (Å²) >= 11 is 0. The van der Waals surface area contributed by atoms with E-state index in [1.807, 2.05) is 30.5 Å². The van der Waals surface area contributed by atoms with Crippen molar-refractivity contribution in [3.63, 3.8) is 0 Å². The van der Waals surface area contributed by atoms with Crippen molar-refractivity contribution in [1.29, 1.82) is 0 Å². The fourth-order valence-electron chi connectivity index (χ4n) is 3.97. The van der Waals surface area contributed by atoms with Gasteiger partial charge in [-0.2, -0.15) is 0 Å². The zero-order chi connectivity index (χ0) is 23.9. The number of para-hydroxylation sites is 1. The molecule has 4 aromatic rings. The second kappa shape index (κ2) is 9.04. The van der Waals surface area contributed by atoms with Crippen molar-refractivity contribution < 1.29 is 33.5 Å². The summed E-state index contributed by atoms with van der Waals surface area (Å²) in [4.78, 5) is 25.2. The zero-order valence-corrected chi connectivity index (χ0v) is 18.7. The number of nitrogens with zero attached hydrogens (tertiary/aromatic N) is 4. The Bertz CT molecular complexity index is 1360.